The molecular formula is C20H26IN5OS. The van der Waals surface area contributed by atoms with Gasteiger partial charge in [0.25, 0.3) is 0 Å². The maximum Gasteiger partial charge on any atom is 0.191 e. The number of ether oxygens (including phenoxy) is 1. The normalized spacial score (nSPS) is 11.0. The van der Waals surface area contributed by atoms with Crippen molar-refractivity contribution in [3.05, 3.63) is 59.9 Å². The summed E-state index contributed by atoms with van der Waals surface area (Å²) < 4.78 is 7.34. The summed E-state index contributed by atoms with van der Waals surface area (Å²) in [4.78, 5) is 9.35. The number of nitrogens with one attached hydrogen (secondary N) is 2. The number of nitrogens with zero attached hydrogens (tertiary/aromatic N) is 3. The lowest BCUT2D eigenvalue weighted by molar-refractivity contribution is 0.415. The van der Waals surface area contributed by atoms with Crippen LogP contribution in [0.3, 0.4) is 0 Å². The Balaban J connectivity index is 0.00000280. The lowest BCUT2D eigenvalue weighted by atomic mass is 10.2. The molecular weight excluding hydrogens is 485 g/mol. The second kappa shape index (κ2) is 11.7. The third-order valence-corrected chi connectivity index (χ3v) is 4.90. The standard InChI is InChI=1S/C20H25N5OS.HI/c1-3-21-20(22-10-13-25-11-4-5-12-25)23-14-17-15-27-19(24-17)16-6-8-18(26-2)9-7-16;/h4-9,11-12,15H,3,10,13-14H2,1-2H3,(H2,21,22,23);1H. The summed E-state index contributed by atoms with van der Waals surface area (Å²) in [7, 11) is 1.67. The summed E-state index contributed by atoms with van der Waals surface area (Å²) in [6.07, 6.45) is 4.11. The minimum atomic E-state index is 0. The Morgan fingerprint density at radius 2 is 1.93 bits per heavy atom. The zero-order valence-electron chi connectivity index (χ0n) is 16.1. The molecule has 0 aliphatic heterocycles. The van der Waals surface area contributed by atoms with Crippen LogP contribution in [0.15, 0.2) is 59.2 Å². The molecule has 3 rings (SSSR count). The van der Waals surface area contributed by atoms with Crippen molar-refractivity contribution >= 4 is 41.3 Å². The molecule has 150 valence electrons. The highest BCUT2D eigenvalue weighted by Gasteiger charge is 2.05. The van der Waals surface area contributed by atoms with E-state index >= 15 is 0 Å². The van der Waals surface area contributed by atoms with Crippen LogP contribution in [0.25, 0.3) is 10.6 Å². The monoisotopic (exact) mass is 511 g/mol. The minimum absolute atomic E-state index is 0. The van der Waals surface area contributed by atoms with Gasteiger partial charge in [-0.25, -0.2) is 9.98 Å². The molecule has 2 aromatic heterocycles. The van der Waals surface area contributed by atoms with Crippen LogP contribution < -0.4 is 15.4 Å². The number of aliphatic imine (C=N–C) groups is 1. The van der Waals surface area contributed by atoms with E-state index in [1.807, 2.05) is 36.4 Å². The van der Waals surface area contributed by atoms with Gasteiger partial charge in [-0.15, -0.1) is 35.3 Å². The van der Waals surface area contributed by atoms with Crippen LogP contribution >= 0.6 is 35.3 Å². The van der Waals surface area contributed by atoms with E-state index in [1.54, 1.807) is 18.4 Å². The van der Waals surface area contributed by atoms with Crippen LogP contribution in [0, 0.1) is 0 Å². The van der Waals surface area contributed by atoms with Crippen molar-refractivity contribution in [2.75, 3.05) is 20.2 Å². The van der Waals surface area contributed by atoms with Gasteiger partial charge in [0.2, 0.25) is 0 Å². The highest BCUT2D eigenvalue weighted by Crippen LogP contribution is 2.25. The van der Waals surface area contributed by atoms with Crippen molar-refractivity contribution in [1.82, 2.24) is 20.2 Å². The quantitative estimate of drug-likeness (QED) is 0.273. The Morgan fingerprint density at radius 1 is 1.18 bits per heavy atom. The topological polar surface area (TPSA) is 63.5 Å². The summed E-state index contributed by atoms with van der Waals surface area (Å²) in [5, 5.41) is 9.69. The molecule has 0 amide bonds. The lowest BCUT2D eigenvalue weighted by Gasteiger charge is -2.11. The zero-order valence-corrected chi connectivity index (χ0v) is 19.2. The molecule has 2 N–H and O–H groups in total. The summed E-state index contributed by atoms with van der Waals surface area (Å²) in [5.74, 6) is 1.66. The Labute approximate surface area is 187 Å². The number of thiazole rings is 1. The SMILES string of the molecule is CCNC(=NCc1csc(-c2ccc(OC)cc2)n1)NCCn1cccc1.I. The van der Waals surface area contributed by atoms with E-state index in [9.17, 15) is 0 Å². The Bertz CT molecular complexity index is 846. The number of halogens is 1. The van der Waals surface area contributed by atoms with Gasteiger partial charge in [0.15, 0.2) is 5.96 Å². The number of methoxy groups -OCH3 is 1. The van der Waals surface area contributed by atoms with Crippen LogP contribution in [0.2, 0.25) is 0 Å². The van der Waals surface area contributed by atoms with E-state index in [4.69, 9.17) is 9.72 Å². The summed E-state index contributed by atoms with van der Waals surface area (Å²) in [6, 6.07) is 12.0. The maximum atomic E-state index is 5.20. The molecule has 3 aromatic rings. The first kappa shape index (κ1) is 22.2. The van der Waals surface area contributed by atoms with E-state index in [2.05, 4.69) is 44.9 Å². The number of hydrogen-bond donors (Lipinski definition) is 2. The third kappa shape index (κ3) is 6.52. The smallest absolute Gasteiger partial charge is 0.191 e. The van der Waals surface area contributed by atoms with E-state index in [0.29, 0.717) is 6.54 Å². The fourth-order valence-electron chi connectivity index (χ4n) is 2.57. The lowest BCUT2D eigenvalue weighted by Crippen LogP contribution is -2.38. The van der Waals surface area contributed by atoms with Crippen LogP contribution in [-0.2, 0) is 13.1 Å². The van der Waals surface area contributed by atoms with Gasteiger partial charge < -0.3 is 19.9 Å². The number of rotatable bonds is 8. The average molecular weight is 511 g/mol. The minimum Gasteiger partial charge on any atom is -0.497 e. The van der Waals surface area contributed by atoms with Crippen LogP contribution in [0.5, 0.6) is 5.75 Å². The molecule has 28 heavy (non-hydrogen) atoms. The molecule has 0 spiro atoms. The summed E-state index contributed by atoms with van der Waals surface area (Å²) in [6.45, 7) is 5.15. The van der Waals surface area contributed by atoms with E-state index in [-0.39, 0.29) is 24.0 Å². The van der Waals surface area contributed by atoms with E-state index in [0.717, 1.165) is 47.6 Å². The molecule has 8 heteroatoms. The van der Waals surface area contributed by atoms with Gasteiger partial charge in [0, 0.05) is 43.0 Å². The largest absolute Gasteiger partial charge is 0.497 e. The molecule has 0 aliphatic rings. The van der Waals surface area contributed by atoms with Gasteiger partial charge in [-0.1, -0.05) is 0 Å². The first-order chi connectivity index (χ1) is 13.3. The van der Waals surface area contributed by atoms with Crippen molar-refractivity contribution < 1.29 is 4.74 Å². The summed E-state index contributed by atoms with van der Waals surface area (Å²) >= 11 is 1.63. The molecule has 6 nitrogen and oxygen atoms in total. The Kier molecular flexibility index (Phi) is 9.29. The predicted molar refractivity (Wildman–Crippen MR) is 127 cm³/mol. The van der Waals surface area contributed by atoms with Crippen LogP contribution in [0.4, 0.5) is 0 Å². The molecule has 2 heterocycles. The van der Waals surface area contributed by atoms with Gasteiger partial charge >= 0.3 is 0 Å². The van der Waals surface area contributed by atoms with Crippen LogP contribution in [0.1, 0.15) is 12.6 Å². The third-order valence-electron chi connectivity index (χ3n) is 3.96. The van der Waals surface area contributed by atoms with Crippen LogP contribution in [-0.4, -0.2) is 35.7 Å². The molecule has 0 aliphatic carbocycles. The zero-order chi connectivity index (χ0) is 18.9. The Morgan fingerprint density at radius 3 is 2.61 bits per heavy atom. The molecule has 0 bridgehead atoms. The van der Waals surface area contributed by atoms with Crippen molar-refractivity contribution in [3.8, 4) is 16.3 Å². The predicted octanol–water partition coefficient (Wildman–Crippen LogP) is 3.99. The number of hydrogen-bond acceptors (Lipinski definition) is 4. The molecule has 0 radical (unpaired) electrons. The first-order valence-electron chi connectivity index (χ1n) is 9.00. The van der Waals surface area contributed by atoms with Gasteiger partial charge in [0.1, 0.15) is 10.8 Å². The van der Waals surface area contributed by atoms with E-state index in [1.165, 1.54) is 0 Å². The maximum absolute atomic E-state index is 5.20. The fourth-order valence-corrected chi connectivity index (χ4v) is 3.39. The van der Waals surface area contributed by atoms with Crippen molar-refractivity contribution in [2.24, 2.45) is 4.99 Å². The number of aromatic nitrogens is 2. The number of guanidine groups is 1. The first-order valence-corrected chi connectivity index (χ1v) is 9.88. The second-order valence-corrected chi connectivity index (χ2v) is 6.77. The van der Waals surface area contributed by atoms with Gasteiger partial charge in [-0.3, -0.25) is 0 Å². The van der Waals surface area contributed by atoms with Gasteiger partial charge in [-0.2, -0.15) is 0 Å². The van der Waals surface area contributed by atoms with Crippen molar-refractivity contribution in [1.29, 1.82) is 0 Å². The Hall–Kier alpha value is -2.07. The molecule has 0 atom stereocenters. The average Bonchev–Trinajstić information content (AvgIpc) is 3.38. The van der Waals surface area contributed by atoms with Crippen molar-refractivity contribution in [2.45, 2.75) is 20.0 Å². The van der Waals surface area contributed by atoms with Gasteiger partial charge in [-0.05, 0) is 43.3 Å². The number of benzene rings is 1. The fraction of sp³-hybridized carbons (Fsp3) is 0.300. The van der Waals surface area contributed by atoms with E-state index < -0.39 is 0 Å². The molecule has 0 fully saturated rings. The second-order valence-electron chi connectivity index (χ2n) is 5.92. The highest BCUT2D eigenvalue weighted by molar-refractivity contribution is 14.0. The highest BCUT2D eigenvalue weighted by atomic mass is 127. The molecule has 0 saturated carbocycles. The molecule has 1 aromatic carbocycles. The van der Waals surface area contributed by atoms with Gasteiger partial charge in [0.05, 0.1) is 19.3 Å². The van der Waals surface area contributed by atoms with Crippen molar-refractivity contribution in [3.63, 3.8) is 0 Å². The summed E-state index contributed by atoms with van der Waals surface area (Å²) in [5.41, 5.74) is 2.06. The molecule has 0 unspecified atom stereocenters. The molecule has 0 saturated heterocycles.